The third-order valence-corrected chi connectivity index (χ3v) is 3.48. The zero-order valence-corrected chi connectivity index (χ0v) is 13.3. The zero-order valence-electron chi connectivity index (χ0n) is 11.8. The minimum Gasteiger partial charge on any atom is -0.298 e. The minimum atomic E-state index is -4.44. The van der Waals surface area contributed by atoms with Crippen molar-refractivity contribution in [2.24, 2.45) is 5.16 Å². The lowest BCUT2D eigenvalue weighted by molar-refractivity contribution is -0.137. The average Bonchev–Trinajstić information content (AvgIpc) is 2.50. The second kappa shape index (κ2) is 7.55. The van der Waals surface area contributed by atoms with Gasteiger partial charge in [0.1, 0.15) is 0 Å². The van der Waals surface area contributed by atoms with E-state index in [-0.39, 0.29) is 5.69 Å². The van der Waals surface area contributed by atoms with Crippen LogP contribution >= 0.6 is 23.2 Å². The van der Waals surface area contributed by atoms with Crippen LogP contribution < -0.4 is 5.32 Å². The number of hydrogen-bond acceptors (Lipinski definition) is 3. The van der Waals surface area contributed by atoms with Crippen molar-refractivity contribution in [3.63, 3.8) is 0 Å². The molecular formula is C15H9Cl2F3N2O2. The Hall–Kier alpha value is -2.25. The second-order valence-corrected chi connectivity index (χ2v) is 5.30. The Kier molecular flexibility index (Phi) is 5.69. The lowest BCUT2D eigenvalue weighted by Crippen LogP contribution is -2.11. The van der Waals surface area contributed by atoms with Crippen LogP contribution in [0.1, 0.15) is 11.1 Å². The van der Waals surface area contributed by atoms with Crippen LogP contribution in [0.3, 0.4) is 0 Å². The molecular weight excluding hydrogens is 368 g/mol. The molecule has 0 saturated heterocycles. The fourth-order valence-electron chi connectivity index (χ4n) is 1.61. The van der Waals surface area contributed by atoms with Crippen molar-refractivity contribution in [2.75, 3.05) is 5.32 Å². The molecule has 1 amide bonds. The Balaban J connectivity index is 1.91. The third-order valence-electron chi connectivity index (χ3n) is 2.74. The number of carbonyl (C=O) groups excluding carboxylic acids is 1. The molecule has 1 N–H and O–H groups in total. The molecule has 0 spiro atoms. The van der Waals surface area contributed by atoms with Gasteiger partial charge in [0.2, 0.25) is 0 Å². The zero-order chi connectivity index (χ0) is 17.7. The monoisotopic (exact) mass is 376 g/mol. The van der Waals surface area contributed by atoms with Crippen LogP contribution in [0.5, 0.6) is 0 Å². The molecule has 2 rings (SSSR count). The summed E-state index contributed by atoms with van der Waals surface area (Å²) in [5.41, 5.74) is -0.136. The summed E-state index contributed by atoms with van der Waals surface area (Å²) in [4.78, 5) is 16.0. The molecule has 2 aromatic rings. The number of amides is 1. The Morgan fingerprint density at radius 2 is 1.75 bits per heavy atom. The number of hydrogen-bond donors (Lipinski definition) is 1. The fourth-order valence-corrected chi connectivity index (χ4v) is 1.92. The Labute approximate surface area is 144 Å². The summed E-state index contributed by atoms with van der Waals surface area (Å²) in [7, 11) is 0. The first-order valence-electron chi connectivity index (χ1n) is 6.39. The lowest BCUT2D eigenvalue weighted by Gasteiger charge is -2.07. The van der Waals surface area contributed by atoms with E-state index in [0.29, 0.717) is 15.6 Å². The highest BCUT2D eigenvalue weighted by Crippen LogP contribution is 2.29. The van der Waals surface area contributed by atoms with Crippen LogP contribution in [0.2, 0.25) is 10.0 Å². The second-order valence-electron chi connectivity index (χ2n) is 4.49. The van der Waals surface area contributed by atoms with E-state index >= 15 is 0 Å². The Morgan fingerprint density at radius 3 is 2.33 bits per heavy atom. The van der Waals surface area contributed by atoms with E-state index in [4.69, 9.17) is 23.2 Å². The summed E-state index contributed by atoms with van der Waals surface area (Å²) in [6, 6.07) is 8.57. The molecule has 0 aliphatic heterocycles. The maximum atomic E-state index is 12.4. The van der Waals surface area contributed by atoms with E-state index in [0.717, 1.165) is 24.3 Å². The molecule has 2 aromatic carbocycles. The number of halogens is 5. The topological polar surface area (TPSA) is 50.7 Å². The van der Waals surface area contributed by atoms with Gasteiger partial charge in [-0.3, -0.25) is 10.2 Å². The molecule has 0 radical (unpaired) electrons. The molecule has 0 aliphatic rings. The summed E-state index contributed by atoms with van der Waals surface area (Å²) in [5.74, 6) is 0. The number of rotatable bonds is 3. The molecule has 0 atom stereocenters. The van der Waals surface area contributed by atoms with E-state index in [2.05, 4.69) is 15.3 Å². The van der Waals surface area contributed by atoms with Gasteiger partial charge in [-0.1, -0.05) is 34.4 Å². The molecule has 126 valence electrons. The summed E-state index contributed by atoms with van der Waals surface area (Å²) >= 11 is 11.6. The standard InChI is InChI=1S/C15H9Cl2F3N2O2/c16-12-6-1-9(7-13(12)17)8-21-24-14(23)22-11-4-2-10(3-5-11)15(18,19)20/h1-8H,(H,22,23)/b21-8-. The molecule has 0 saturated carbocycles. The first-order chi connectivity index (χ1) is 11.3. The molecule has 0 aliphatic carbocycles. The van der Waals surface area contributed by atoms with Crippen molar-refractivity contribution in [3.05, 3.63) is 63.6 Å². The first kappa shape index (κ1) is 18.1. The summed E-state index contributed by atoms with van der Waals surface area (Å²) in [6.45, 7) is 0. The molecule has 0 fully saturated rings. The molecule has 0 unspecified atom stereocenters. The van der Waals surface area contributed by atoms with Crippen molar-refractivity contribution in [3.8, 4) is 0 Å². The van der Waals surface area contributed by atoms with Gasteiger partial charge >= 0.3 is 12.3 Å². The molecule has 0 bridgehead atoms. The minimum absolute atomic E-state index is 0.137. The highest BCUT2D eigenvalue weighted by atomic mass is 35.5. The quantitative estimate of drug-likeness (QED) is 0.430. The van der Waals surface area contributed by atoms with Crippen molar-refractivity contribution in [2.45, 2.75) is 6.18 Å². The summed E-state index contributed by atoms with van der Waals surface area (Å²) in [5, 5.41) is 6.37. The van der Waals surface area contributed by atoms with Crippen LogP contribution in [0.25, 0.3) is 0 Å². The molecule has 0 aromatic heterocycles. The lowest BCUT2D eigenvalue weighted by atomic mass is 10.2. The van der Waals surface area contributed by atoms with Crippen LogP contribution in [-0.4, -0.2) is 12.3 Å². The summed E-state index contributed by atoms with van der Waals surface area (Å²) in [6.07, 6.45) is -4.16. The van der Waals surface area contributed by atoms with Crippen LogP contribution in [0.4, 0.5) is 23.7 Å². The predicted molar refractivity (Wildman–Crippen MR) is 85.6 cm³/mol. The van der Waals surface area contributed by atoms with E-state index in [1.54, 1.807) is 12.1 Å². The van der Waals surface area contributed by atoms with Gasteiger partial charge in [-0.15, -0.1) is 0 Å². The van der Waals surface area contributed by atoms with Crippen LogP contribution in [0, 0.1) is 0 Å². The van der Waals surface area contributed by atoms with E-state index < -0.39 is 17.8 Å². The van der Waals surface area contributed by atoms with Crippen LogP contribution in [0.15, 0.2) is 47.6 Å². The van der Waals surface area contributed by atoms with Gasteiger partial charge in [0.15, 0.2) is 0 Å². The van der Waals surface area contributed by atoms with E-state index in [9.17, 15) is 18.0 Å². The SMILES string of the molecule is O=C(Nc1ccc(C(F)(F)F)cc1)O/N=C\c1ccc(Cl)c(Cl)c1. The highest BCUT2D eigenvalue weighted by Gasteiger charge is 2.29. The average molecular weight is 377 g/mol. The highest BCUT2D eigenvalue weighted by molar-refractivity contribution is 6.42. The van der Waals surface area contributed by atoms with Gasteiger partial charge in [-0.25, -0.2) is 4.79 Å². The largest absolute Gasteiger partial charge is 0.437 e. The number of oxime groups is 1. The van der Waals surface area contributed by atoms with Crippen LogP contribution in [-0.2, 0) is 11.0 Å². The Bertz CT molecular complexity index is 762. The third kappa shape index (κ3) is 5.14. The van der Waals surface area contributed by atoms with E-state index in [1.807, 2.05) is 0 Å². The number of nitrogens with one attached hydrogen (secondary N) is 1. The predicted octanol–water partition coefficient (Wildman–Crippen LogP) is 5.59. The van der Waals surface area contributed by atoms with Gasteiger partial charge in [0, 0.05) is 5.69 Å². The maximum Gasteiger partial charge on any atom is 0.437 e. The molecule has 4 nitrogen and oxygen atoms in total. The fraction of sp³-hybridized carbons (Fsp3) is 0.0667. The van der Waals surface area contributed by atoms with Crippen molar-refractivity contribution in [1.29, 1.82) is 0 Å². The number of nitrogens with zero attached hydrogens (tertiary/aromatic N) is 1. The normalized spacial score (nSPS) is 11.5. The molecule has 9 heteroatoms. The first-order valence-corrected chi connectivity index (χ1v) is 7.15. The summed E-state index contributed by atoms with van der Waals surface area (Å²) < 4.78 is 37.2. The van der Waals surface area contributed by atoms with Crippen molar-refractivity contribution in [1.82, 2.24) is 0 Å². The van der Waals surface area contributed by atoms with E-state index in [1.165, 1.54) is 12.3 Å². The van der Waals surface area contributed by atoms with Gasteiger partial charge in [-0.2, -0.15) is 13.2 Å². The number of anilines is 1. The van der Waals surface area contributed by atoms with Gasteiger partial charge in [-0.05, 0) is 42.0 Å². The van der Waals surface area contributed by atoms with Gasteiger partial charge in [0.25, 0.3) is 0 Å². The molecule has 0 heterocycles. The molecule has 24 heavy (non-hydrogen) atoms. The van der Waals surface area contributed by atoms with Gasteiger partial charge < -0.3 is 0 Å². The van der Waals surface area contributed by atoms with Crippen molar-refractivity contribution >= 4 is 41.2 Å². The Morgan fingerprint density at radius 1 is 1.08 bits per heavy atom. The smallest absolute Gasteiger partial charge is 0.298 e. The van der Waals surface area contributed by atoms with Crippen molar-refractivity contribution < 1.29 is 22.8 Å². The number of alkyl halides is 3. The van der Waals surface area contributed by atoms with Gasteiger partial charge in [0.05, 0.1) is 21.8 Å². The number of carbonyl (C=O) groups is 1. The number of benzene rings is 2. The maximum absolute atomic E-state index is 12.4.